The second-order valence-corrected chi connectivity index (χ2v) is 7.03. The first-order valence-corrected chi connectivity index (χ1v) is 7.78. The number of benzene rings is 1. The van der Waals surface area contributed by atoms with Gasteiger partial charge in [0.1, 0.15) is 0 Å². The summed E-state index contributed by atoms with van der Waals surface area (Å²) in [5.41, 5.74) is 1.40. The second kappa shape index (κ2) is 8.02. The van der Waals surface area contributed by atoms with Crippen molar-refractivity contribution in [2.45, 2.75) is 58.6 Å². The summed E-state index contributed by atoms with van der Waals surface area (Å²) in [4.78, 5) is 0. The lowest BCUT2D eigenvalue weighted by molar-refractivity contribution is 0.0729. The number of halogens is 1. The van der Waals surface area contributed by atoms with Crippen molar-refractivity contribution >= 4 is 11.6 Å². The van der Waals surface area contributed by atoms with Gasteiger partial charge in [-0.3, -0.25) is 0 Å². The van der Waals surface area contributed by atoms with E-state index in [9.17, 15) is 0 Å². The highest BCUT2D eigenvalue weighted by molar-refractivity contribution is 6.30. The molecule has 3 heteroatoms. The molecule has 0 radical (unpaired) electrons. The van der Waals surface area contributed by atoms with Gasteiger partial charge in [0.05, 0.1) is 6.10 Å². The third-order valence-electron chi connectivity index (χ3n) is 3.12. The van der Waals surface area contributed by atoms with Gasteiger partial charge in [-0.15, -0.1) is 0 Å². The third-order valence-corrected chi connectivity index (χ3v) is 3.35. The molecule has 0 aliphatic rings. The smallest absolute Gasteiger partial charge is 0.0518 e. The minimum absolute atomic E-state index is 0.121. The lowest BCUT2D eigenvalue weighted by Gasteiger charge is -2.26. The van der Waals surface area contributed by atoms with Gasteiger partial charge in [-0.05, 0) is 64.7 Å². The van der Waals surface area contributed by atoms with E-state index >= 15 is 0 Å². The first kappa shape index (κ1) is 17.5. The number of nitrogens with one attached hydrogen (secondary N) is 1. The average molecular weight is 298 g/mol. The Bertz CT molecular complexity index is 398. The molecule has 1 rings (SSSR count). The second-order valence-electron chi connectivity index (χ2n) is 6.59. The Morgan fingerprint density at radius 3 is 2.50 bits per heavy atom. The fourth-order valence-corrected chi connectivity index (χ4v) is 2.22. The fourth-order valence-electron chi connectivity index (χ4n) is 2.02. The van der Waals surface area contributed by atoms with E-state index in [1.807, 2.05) is 12.1 Å². The molecule has 0 aliphatic carbocycles. The Labute approximate surface area is 128 Å². The van der Waals surface area contributed by atoms with Gasteiger partial charge in [-0.2, -0.15) is 0 Å². The highest BCUT2D eigenvalue weighted by atomic mass is 35.5. The largest absolute Gasteiger partial charge is 0.379 e. The summed E-state index contributed by atoms with van der Waals surface area (Å²) in [7, 11) is 0. The molecule has 0 saturated heterocycles. The Morgan fingerprint density at radius 2 is 1.95 bits per heavy atom. The van der Waals surface area contributed by atoms with Crippen molar-refractivity contribution in [1.82, 2.24) is 5.32 Å². The molecule has 0 heterocycles. The maximum Gasteiger partial charge on any atom is 0.0518 e. The van der Waals surface area contributed by atoms with Gasteiger partial charge in [0.25, 0.3) is 0 Å². The van der Waals surface area contributed by atoms with Crippen LogP contribution in [0.15, 0.2) is 24.3 Å². The maximum absolute atomic E-state index is 6.11. The summed E-state index contributed by atoms with van der Waals surface area (Å²) in [6.45, 7) is 12.4. The molecule has 0 fully saturated rings. The highest BCUT2D eigenvalue weighted by Crippen LogP contribution is 2.23. The van der Waals surface area contributed by atoms with Crippen LogP contribution in [0.3, 0.4) is 0 Å². The Balaban J connectivity index is 2.68. The molecular weight excluding hydrogens is 270 g/mol. The molecule has 1 unspecified atom stereocenters. The van der Waals surface area contributed by atoms with Crippen LogP contribution < -0.4 is 5.32 Å². The van der Waals surface area contributed by atoms with Gasteiger partial charge in [0.2, 0.25) is 0 Å². The molecule has 0 aliphatic heterocycles. The molecule has 2 nitrogen and oxygen atoms in total. The highest BCUT2D eigenvalue weighted by Gasteiger charge is 2.16. The standard InChI is InChI=1S/C17H28ClNO/c1-13(2)20-10-9-15(12-19-17(3,4)5)14-7-6-8-16(18)11-14/h6-8,11,13,15,19H,9-10,12H2,1-5H3. The number of hydrogen-bond donors (Lipinski definition) is 1. The minimum atomic E-state index is 0.121. The molecule has 0 saturated carbocycles. The molecule has 0 bridgehead atoms. The molecular formula is C17H28ClNO. The molecule has 0 amide bonds. The van der Waals surface area contributed by atoms with Crippen molar-refractivity contribution in [1.29, 1.82) is 0 Å². The van der Waals surface area contributed by atoms with Crippen molar-refractivity contribution in [2.75, 3.05) is 13.2 Å². The van der Waals surface area contributed by atoms with Crippen LogP contribution in [0, 0.1) is 0 Å². The Kier molecular flexibility index (Phi) is 7.01. The van der Waals surface area contributed by atoms with Gasteiger partial charge in [0.15, 0.2) is 0 Å². The van der Waals surface area contributed by atoms with Crippen molar-refractivity contribution in [3.05, 3.63) is 34.9 Å². The van der Waals surface area contributed by atoms with Gasteiger partial charge >= 0.3 is 0 Å². The van der Waals surface area contributed by atoms with Crippen LogP contribution in [-0.2, 0) is 4.74 Å². The fraction of sp³-hybridized carbons (Fsp3) is 0.647. The maximum atomic E-state index is 6.11. The van der Waals surface area contributed by atoms with E-state index in [2.05, 4.69) is 52.1 Å². The van der Waals surface area contributed by atoms with E-state index in [0.717, 1.165) is 24.6 Å². The molecule has 0 spiro atoms. The van der Waals surface area contributed by atoms with E-state index in [-0.39, 0.29) is 11.6 Å². The Morgan fingerprint density at radius 1 is 1.25 bits per heavy atom. The van der Waals surface area contributed by atoms with E-state index < -0.39 is 0 Å². The SMILES string of the molecule is CC(C)OCCC(CNC(C)(C)C)c1cccc(Cl)c1. The summed E-state index contributed by atoms with van der Waals surface area (Å²) in [5.74, 6) is 0.423. The van der Waals surface area contributed by atoms with Gasteiger partial charge < -0.3 is 10.1 Å². The molecule has 20 heavy (non-hydrogen) atoms. The summed E-state index contributed by atoms with van der Waals surface area (Å²) < 4.78 is 5.70. The van der Waals surface area contributed by atoms with Crippen LogP contribution in [0.4, 0.5) is 0 Å². The summed E-state index contributed by atoms with van der Waals surface area (Å²) >= 11 is 6.11. The quantitative estimate of drug-likeness (QED) is 0.792. The summed E-state index contributed by atoms with van der Waals surface area (Å²) in [6.07, 6.45) is 1.28. The lowest BCUT2D eigenvalue weighted by Crippen LogP contribution is -2.38. The van der Waals surface area contributed by atoms with Crippen LogP contribution in [0.2, 0.25) is 5.02 Å². The summed E-state index contributed by atoms with van der Waals surface area (Å²) in [6, 6.07) is 8.15. The average Bonchev–Trinajstić information content (AvgIpc) is 2.31. The topological polar surface area (TPSA) is 21.3 Å². The molecule has 1 aromatic carbocycles. The summed E-state index contributed by atoms with van der Waals surface area (Å²) in [5, 5.41) is 4.38. The van der Waals surface area contributed by atoms with Crippen molar-refractivity contribution in [3.63, 3.8) is 0 Å². The Hall–Kier alpha value is -0.570. The molecule has 114 valence electrons. The normalized spacial score (nSPS) is 13.8. The van der Waals surface area contributed by atoms with Gasteiger partial charge in [0, 0.05) is 23.7 Å². The van der Waals surface area contributed by atoms with E-state index in [4.69, 9.17) is 16.3 Å². The predicted octanol–water partition coefficient (Wildman–Crippen LogP) is 4.63. The zero-order valence-electron chi connectivity index (χ0n) is 13.4. The molecule has 0 aromatic heterocycles. The number of rotatable bonds is 7. The zero-order valence-corrected chi connectivity index (χ0v) is 14.1. The van der Waals surface area contributed by atoms with E-state index in [1.54, 1.807) is 0 Å². The van der Waals surface area contributed by atoms with Crippen molar-refractivity contribution in [2.24, 2.45) is 0 Å². The monoisotopic (exact) mass is 297 g/mol. The third kappa shape index (κ3) is 7.28. The van der Waals surface area contributed by atoms with E-state index in [0.29, 0.717) is 5.92 Å². The zero-order chi connectivity index (χ0) is 15.2. The van der Waals surface area contributed by atoms with Crippen molar-refractivity contribution in [3.8, 4) is 0 Å². The number of hydrogen-bond acceptors (Lipinski definition) is 2. The molecule has 1 aromatic rings. The van der Waals surface area contributed by atoms with Crippen molar-refractivity contribution < 1.29 is 4.74 Å². The van der Waals surface area contributed by atoms with Gasteiger partial charge in [-0.1, -0.05) is 23.7 Å². The first-order valence-electron chi connectivity index (χ1n) is 7.40. The van der Waals surface area contributed by atoms with E-state index in [1.165, 1.54) is 5.56 Å². The van der Waals surface area contributed by atoms with Crippen LogP contribution in [0.1, 0.15) is 52.5 Å². The van der Waals surface area contributed by atoms with Crippen LogP contribution in [0.5, 0.6) is 0 Å². The van der Waals surface area contributed by atoms with Crippen LogP contribution >= 0.6 is 11.6 Å². The minimum Gasteiger partial charge on any atom is -0.379 e. The predicted molar refractivity (Wildman–Crippen MR) is 87.7 cm³/mol. The van der Waals surface area contributed by atoms with Gasteiger partial charge in [-0.25, -0.2) is 0 Å². The first-order chi connectivity index (χ1) is 9.28. The van der Waals surface area contributed by atoms with Crippen LogP contribution in [0.25, 0.3) is 0 Å². The van der Waals surface area contributed by atoms with Crippen LogP contribution in [-0.4, -0.2) is 24.8 Å². The molecule has 1 atom stereocenters. The number of ether oxygens (including phenoxy) is 1. The molecule has 1 N–H and O–H groups in total. The lowest BCUT2D eigenvalue weighted by atomic mass is 9.94.